The molecule has 88 valence electrons. The first-order valence-corrected chi connectivity index (χ1v) is 6.16. The fraction of sp³-hybridized carbons (Fsp3) is 0.917. The quantitative estimate of drug-likeness (QED) is 0.598. The molecule has 1 aliphatic carbocycles. The van der Waals surface area contributed by atoms with E-state index in [2.05, 4.69) is 11.8 Å². The van der Waals surface area contributed by atoms with Gasteiger partial charge >= 0.3 is 5.97 Å². The maximum atomic E-state index is 10.7. The molecule has 0 aromatic rings. The molecule has 3 nitrogen and oxygen atoms in total. The topological polar surface area (TPSA) is 40.5 Å². The second-order valence-electron chi connectivity index (χ2n) is 4.63. The lowest BCUT2D eigenvalue weighted by atomic mass is 10.2. The second-order valence-corrected chi connectivity index (χ2v) is 4.63. The molecule has 1 fully saturated rings. The molecule has 0 amide bonds. The maximum absolute atomic E-state index is 10.7. The normalized spacial score (nSPS) is 15.9. The van der Waals surface area contributed by atoms with Gasteiger partial charge in [0.25, 0.3) is 0 Å². The van der Waals surface area contributed by atoms with E-state index in [4.69, 9.17) is 5.11 Å². The summed E-state index contributed by atoms with van der Waals surface area (Å²) in [5, 5.41) is 8.78. The molecule has 0 atom stereocenters. The summed E-state index contributed by atoms with van der Waals surface area (Å²) in [4.78, 5) is 12.8. The van der Waals surface area contributed by atoms with Crippen LogP contribution in [0.1, 0.15) is 45.4 Å². The van der Waals surface area contributed by atoms with Crippen LogP contribution in [0.2, 0.25) is 0 Å². The number of rotatable bonds is 9. The molecule has 0 bridgehead atoms. The highest BCUT2D eigenvalue weighted by Gasteiger charge is 2.24. The lowest BCUT2D eigenvalue weighted by Crippen LogP contribution is -2.32. The lowest BCUT2D eigenvalue weighted by molar-refractivity contribution is -0.138. The number of aliphatic carboxylic acids is 1. The van der Waals surface area contributed by atoms with Crippen molar-refractivity contribution < 1.29 is 9.90 Å². The zero-order chi connectivity index (χ0) is 11.1. The Morgan fingerprint density at radius 1 is 1.33 bits per heavy atom. The standard InChI is InChI=1S/C12H23NO2/c1-2-3-4-5-8-13(10-12(14)15)9-11-6-7-11/h11H,2-10H2,1H3,(H,14,15). The number of carboxylic acid groups (broad SMARTS) is 1. The van der Waals surface area contributed by atoms with Gasteiger partial charge in [0.05, 0.1) is 6.54 Å². The van der Waals surface area contributed by atoms with Gasteiger partial charge in [-0.25, -0.2) is 0 Å². The third-order valence-corrected chi connectivity index (χ3v) is 2.90. The van der Waals surface area contributed by atoms with Crippen molar-refractivity contribution in [2.45, 2.75) is 45.4 Å². The predicted octanol–water partition coefficient (Wildman–Crippen LogP) is 2.36. The van der Waals surface area contributed by atoms with Crippen molar-refractivity contribution in [2.75, 3.05) is 19.6 Å². The first-order valence-electron chi connectivity index (χ1n) is 6.16. The van der Waals surface area contributed by atoms with Gasteiger partial charge in [-0.3, -0.25) is 9.69 Å². The first kappa shape index (κ1) is 12.5. The van der Waals surface area contributed by atoms with Crippen molar-refractivity contribution in [3.05, 3.63) is 0 Å². The van der Waals surface area contributed by atoms with Crippen LogP contribution in [-0.2, 0) is 4.79 Å². The zero-order valence-corrected chi connectivity index (χ0v) is 9.74. The minimum absolute atomic E-state index is 0.225. The SMILES string of the molecule is CCCCCCN(CC(=O)O)CC1CC1. The van der Waals surface area contributed by atoms with Crippen LogP contribution in [0.5, 0.6) is 0 Å². The van der Waals surface area contributed by atoms with Crippen LogP contribution in [0, 0.1) is 5.92 Å². The van der Waals surface area contributed by atoms with E-state index in [0.29, 0.717) is 0 Å². The molecule has 1 saturated carbocycles. The molecule has 0 spiro atoms. The Morgan fingerprint density at radius 2 is 2.07 bits per heavy atom. The average Bonchev–Trinajstić information content (AvgIpc) is 2.95. The van der Waals surface area contributed by atoms with Crippen LogP contribution in [0.3, 0.4) is 0 Å². The molecule has 0 unspecified atom stereocenters. The summed E-state index contributed by atoms with van der Waals surface area (Å²) in [6.07, 6.45) is 7.48. The smallest absolute Gasteiger partial charge is 0.317 e. The van der Waals surface area contributed by atoms with E-state index < -0.39 is 5.97 Å². The van der Waals surface area contributed by atoms with Gasteiger partial charge in [-0.05, 0) is 31.7 Å². The van der Waals surface area contributed by atoms with Crippen LogP contribution in [0.25, 0.3) is 0 Å². The van der Waals surface area contributed by atoms with Gasteiger partial charge in [-0.2, -0.15) is 0 Å². The third-order valence-electron chi connectivity index (χ3n) is 2.90. The number of hydrogen-bond donors (Lipinski definition) is 1. The fourth-order valence-electron chi connectivity index (χ4n) is 1.85. The molecule has 1 N–H and O–H groups in total. The van der Waals surface area contributed by atoms with Gasteiger partial charge in [0, 0.05) is 6.54 Å². The maximum Gasteiger partial charge on any atom is 0.317 e. The second kappa shape index (κ2) is 6.83. The molecule has 0 radical (unpaired) electrons. The Hall–Kier alpha value is -0.570. The molecule has 15 heavy (non-hydrogen) atoms. The van der Waals surface area contributed by atoms with Crippen molar-refractivity contribution in [3.63, 3.8) is 0 Å². The minimum Gasteiger partial charge on any atom is -0.480 e. The van der Waals surface area contributed by atoms with Crippen molar-refractivity contribution >= 4 is 5.97 Å². The van der Waals surface area contributed by atoms with E-state index >= 15 is 0 Å². The molecule has 0 aromatic heterocycles. The molecule has 1 aliphatic rings. The Balaban J connectivity index is 2.12. The minimum atomic E-state index is -0.689. The van der Waals surface area contributed by atoms with E-state index in [1.54, 1.807) is 0 Å². The number of carbonyl (C=O) groups is 1. The summed E-state index contributed by atoms with van der Waals surface area (Å²) in [5.41, 5.74) is 0. The summed E-state index contributed by atoms with van der Waals surface area (Å²) in [6.45, 7) is 4.38. The van der Waals surface area contributed by atoms with E-state index in [9.17, 15) is 4.79 Å². The summed E-state index contributed by atoms with van der Waals surface area (Å²) in [7, 11) is 0. The molecule has 3 heteroatoms. The van der Waals surface area contributed by atoms with Crippen LogP contribution < -0.4 is 0 Å². The van der Waals surface area contributed by atoms with Crippen LogP contribution in [-0.4, -0.2) is 35.6 Å². The number of carboxylic acids is 1. The summed E-state index contributed by atoms with van der Waals surface area (Å²) in [6, 6.07) is 0. The molecule has 0 saturated heterocycles. The predicted molar refractivity (Wildman–Crippen MR) is 60.9 cm³/mol. The van der Waals surface area contributed by atoms with Gasteiger partial charge in [0.2, 0.25) is 0 Å². The Labute approximate surface area is 92.5 Å². The zero-order valence-electron chi connectivity index (χ0n) is 9.74. The number of unbranched alkanes of at least 4 members (excludes halogenated alkanes) is 3. The first-order chi connectivity index (χ1) is 7.22. The molecular weight excluding hydrogens is 190 g/mol. The van der Waals surface area contributed by atoms with E-state index in [0.717, 1.165) is 25.4 Å². The van der Waals surface area contributed by atoms with E-state index in [-0.39, 0.29) is 6.54 Å². The van der Waals surface area contributed by atoms with E-state index in [1.165, 1.54) is 32.1 Å². The van der Waals surface area contributed by atoms with Crippen LogP contribution in [0.15, 0.2) is 0 Å². The van der Waals surface area contributed by atoms with Gasteiger partial charge in [0.1, 0.15) is 0 Å². The molecule has 0 aromatic carbocycles. The van der Waals surface area contributed by atoms with Crippen LogP contribution >= 0.6 is 0 Å². The van der Waals surface area contributed by atoms with E-state index in [1.807, 2.05) is 0 Å². The highest BCUT2D eigenvalue weighted by atomic mass is 16.4. The summed E-state index contributed by atoms with van der Waals surface area (Å²) >= 11 is 0. The average molecular weight is 213 g/mol. The molecule has 1 rings (SSSR count). The lowest BCUT2D eigenvalue weighted by Gasteiger charge is -2.19. The Morgan fingerprint density at radius 3 is 2.60 bits per heavy atom. The van der Waals surface area contributed by atoms with Gasteiger partial charge in [-0.15, -0.1) is 0 Å². The fourth-order valence-corrected chi connectivity index (χ4v) is 1.85. The molecule has 0 heterocycles. The third kappa shape index (κ3) is 6.50. The van der Waals surface area contributed by atoms with Gasteiger partial charge in [-0.1, -0.05) is 26.2 Å². The highest BCUT2D eigenvalue weighted by molar-refractivity contribution is 5.69. The Bertz CT molecular complexity index is 190. The summed E-state index contributed by atoms with van der Waals surface area (Å²) in [5.74, 6) is 0.0988. The number of hydrogen-bond acceptors (Lipinski definition) is 2. The highest BCUT2D eigenvalue weighted by Crippen LogP contribution is 2.29. The van der Waals surface area contributed by atoms with Gasteiger partial charge in [0.15, 0.2) is 0 Å². The molecular formula is C12H23NO2. The van der Waals surface area contributed by atoms with Crippen molar-refractivity contribution in [1.82, 2.24) is 4.90 Å². The number of nitrogens with zero attached hydrogens (tertiary/aromatic N) is 1. The van der Waals surface area contributed by atoms with Gasteiger partial charge < -0.3 is 5.11 Å². The molecule has 0 aliphatic heterocycles. The van der Waals surface area contributed by atoms with Crippen molar-refractivity contribution in [2.24, 2.45) is 5.92 Å². The van der Waals surface area contributed by atoms with Crippen molar-refractivity contribution in [1.29, 1.82) is 0 Å². The Kier molecular flexibility index (Phi) is 5.69. The monoisotopic (exact) mass is 213 g/mol. The van der Waals surface area contributed by atoms with Crippen LogP contribution in [0.4, 0.5) is 0 Å². The van der Waals surface area contributed by atoms with Crippen molar-refractivity contribution in [3.8, 4) is 0 Å². The largest absolute Gasteiger partial charge is 0.480 e. The summed E-state index contributed by atoms with van der Waals surface area (Å²) < 4.78 is 0.